The second-order valence-corrected chi connectivity index (χ2v) is 7.28. The van der Waals surface area contributed by atoms with E-state index in [2.05, 4.69) is 15.9 Å². The zero-order valence-electron chi connectivity index (χ0n) is 12.9. The van der Waals surface area contributed by atoms with Gasteiger partial charge in [0.2, 0.25) is 0 Å². The number of benzene rings is 2. The van der Waals surface area contributed by atoms with Gasteiger partial charge in [0, 0.05) is 10.0 Å². The smallest absolute Gasteiger partial charge is 0.267 e. The average molecular weight is 397 g/mol. The van der Waals surface area contributed by atoms with Crippen molar-refractivity contribution in [3.63, 3.8) is 0 Å². The van der Waals surface area contributed by atoms with Gasteiger partial charge in [-0.3, -0.25) is 9.36 Å². The summed E-state index contributed by atoms with van der Waals surface area (Å²) in [5.41, 5.74) is 2.82. The molecule has 24 heavy (non-hydrogen) atoms. The molecular formula is C19H13BrN2OS. The molecular weight excluding hydrogens is 384 g/mol. The average Bonchev–Trinajstić information content (AvgIpc) is 3.05. The summed E-state index contributed by atoms with van der Waals surface area (Å²) in [4.78, 5) is 18.6. The van der Waals surface area contributed by atoms with Gasteiger partial charge in [-0.05, 0) is 36.6 Å². The van der Waals surface area contributed by atoms with Gasteiger partial charge in [-0.15, -0.1) is 11.3 Å². The number of hydrogen-bond donors (Lipinski definition) is 0. The Kier molecular flexibility index (Phi) is 3.82. The minimum Gasteiger partial charge on any atom is -0.268 e. The molecule has 3 nitrogen and oxygen atoms in total. The first kappa shape index (κ1) is 15.3. The summed E-state index contributed by atoms with van der Waals surface area (Å²) >= 11 is 5.06. The zero-order chi connectivity index (χ0) is 16.7. The molecule has 118 valence electrons. The van der Waals surface area contributed by atoms with Crippen LogP contribution in [0.15, 0.2) is 69.2 Å². The number of nitrogens with zero attached hydrogens (tertiary/aromatic N) is 2. The predicted molar refractivity (Wildman–Crippen MR) is 103 cm³/mol. The molecule has 0 aliphatic heterocycles. The fraction of sp³-hybridized carbons (Fsp3) is 0.0526. The normalized spacial score (nSPS) is 11.1. The minimum absolute atomic E-state index is 0.0455. The Bertz CT molecular complexity index is 1100. The maximum atomic E-state index is 13.1. The number of aryl methyl sites for hydroxylation is 1. The largest absolute Gasteiger partial charge is 0.268 e. The number of thiophene rings is 1. The summed E-state index contributed by atoms with van der Waals surface area (Å²) in [5, 5.41) is 2.55. The zero-order valence-corrected chi connectivity index (χ0v) is 15.3. The van der Waals surface area contributed by atoms with Gasteiger partial charge in [-0.25, -0.2) is 4.98 Å². The third kappa shape index (κ3) is 2.50. The Balaban J connectivity index is 2.12. The van der Waals surface area contributed by atoms with Gasteiger partial charge < -0.3 is 0 Å². The molecule has 2 aromatic heterocycles. The van der Waals surface area contributed by atoms with Crippen molar-refractivity contribution < 1.29 is 0 Å². The van der Waals surface area contributed by atoms with Crippen molar-refractivity contribution >= 4 is 37.5 Å². The van der Waals surface area contributed by atoms with Crippen LogP contribution in [0.1, 0.15) is 5.56 Å². The first-order chi connectivity index (χ1) is 11.6. The Morgan fingerprint density at radius 3 is 2.54 bits per heavy atom. The molecule has 4 aromatic rings. The summed E-state index contributed by atoms with van der Waals surface area (Å²) in [6.07, 6.45) is 0. The Labute approximate surface area is 151 Å². The molecule has 0 atom stereocenters. The molecule has 0 amide bonds. The molecule has 0 saturated carbocycles. The summed E-state index contributed by atoms with van der Waals surface area (Å²) in [7, 11) is 0. The monoisotopic (exact) mass is 396 g/mol. The van der Waals surface area contributed by atoms with E-state index in [0.717, 1.165) is 26.1 Å². The lowest BCUT2D eigenvalue weighted by atomic mass is 10.1. The lowest BCUT2D eigenvalue weighted by molar-refractivity contribution is 0.977. The van der Waals surface area contributed by atoms with E-state index in [1.54, 1.807) is 4.57 Å². The Morgan fingerprint density at radius 1 is 1.04 bits per heavy atom. The molecule has 0 saturated heterocycles. The van der Waals surface area contributed by atoms with Crippen LogP contribution >= 0.6 is 27.3 Å². The van der Waals surface area contributed by atoms with E-state index in [0.29, 0.717) is 11.2 Å². The highest BCUT2D eigenvalue weighted by molar-refractivity contribution is 9.10. The quantitative estimate of drug-likeness (QED) is 0.467. The van der Waals surface area contributed by atoms with Gasteiger partial charge in [0.1, 0.15) is 10.7 Å². The van der Waals surface area contributed by atoms with Crippen molar-refractivity contribution in [2.24, 2.45) is 0 Å². The number of fused-ring (bicyclic) bond motifs is 1. The first-order valence-corrected chi connectivity index (χ1v) is 9.14. The molecule has 0 N–H and O–H groups in total. The second kappa shape index (κ2) is 6.00. The molecule has 0 bridgehead atoms. The van der Waals surface area contributed by atoms with Crippen LogP contribution in [0.2, 0.25) is 0 Å². The second-order valence-electron chi connectivity index (χ2n) is 5.53. The van der Waals surface area contributed by atoms with E-state index in [1.807, 2.05) is 66.9 Å². The molecule has 4 rings (SSSR count). The van der Waals surface area contributed by atoms with Gasteiger partial charge in [0.05, 0.1) is 11.1 Å². The van der Waals surface area contributed by atoms with Crippen LogP contribution < -0.4 is 5.56 Å². The summed E-state index contributed by atoms with van der Waals surface area (Å²) in [5.74, 6) is 0.645. The van der Waals surface area contributed by atoms with E-state index >= 15 is 0 Å². The van der Waals surface area contributed by atoms with E-state index < -0.39 is 0 Å². The van der Waals surface area contributed by atoms with Crippen molar-refractivity contribution in [2.75, 3.05) is 0 Å². The van der Waals surface area contributed by atoms with Gasteiger partial charge in [-0.2, -0.15) is 0 Å². The summed E-state index contributed by atoms with van der Waals surface area (Å²) < 4.78 is 2.60. The Morgan fingerprint density at radius 2 is 1.79 bits per heavy atom. The summed E-state index contributed by atoms with van der Waals surface area (Å²) in [6.45, 7) is 2.03. The summed E-state index contributed by atoms with van der Waals surface area (Å²) in [6, 6.07) is 17.6. The molecule has 2 aromatic carbocycles. The van der Waals surface area contributed by atoms with Gasteiger partial charge >= 0.3 is 0 Å². The fourth-order valence-electron chi connectivity index (χ4n) is 2.67. The van der Waals surface area contributed by atoms with Crippen LogP contribution in [0.25, 0.3) is 27.3 Å². The van der Waals surface area contributed by atoms with Crippen molar-refractivity contribution in [3.05, 3.63) is 80.4 Å². The van der Waals surface area contributed by atoms with Crippen molar-refractivity contribution in [1.29, 1.82) is 0 Å². The fourth-order valence-corrected chi connectivity index (χ4v) is 3.89. The highest BCUT2D eigenvalue weighted by atomic mass is 79.9. The standard InChI is InChI=1S/C19H13BrN2OS/c1-12-6-8-13(9-7-12)22-17(14-4-2-3-5-16(14)20)21-18-15(19(22)23)10-11-24-18/h2-11H,1H3. The molecule has 0 aliphatic carbocycles. The van der Waals surface area contributed by atoms with Crippen LogP contribution in [0.4, 0.5) is 0 Å². The molecule has 2 heterocycles. The van der Waals surface area contributed by atoms with Gasteiger partial charge in [0.15, 0.2) is 0 Å². The first-order valence-electron chi connectivity index (χ1n) is 7.47. The molecule has 0 aliphatic rings. The van der Waals surface area contributed by atoms with Crippen LogP contribution in [0.3, 0.4) is 0 Å². The maximum Gasteiger partial charge on any atom is 0.267 e. The van der Waals surface area contributed by atoms with Gasteiger partial charge in [0.25, 0.3) is 5.56 Å². The molecule has 0 radical (unpaired) electrons. The number of rotatable bonds is 2. The lowest BCUT2D eigenvalue weighted by Gasteiger charge is -2.14. The molecule has 0 unspecified atom stereocenters. The molecule has 5 heteroatoms. The molecule has 0 spiro atoms. The number of aromatic nitrogens is 2. The van der Waals surface area contributed by atoms with Crippen molar-refractivity contribution in [1.82, 2.24) is 9.55 Å². The van der Waals surface area contributed by atoms with E-state index in [9.17, 15) is 4.79 Å². The van der Waals surface area contributed by atoms with E-state index in [4.69, 9.17) is 4.98 Å². The predicted octanol–water partition coefficient (Wildman–Crippen LogP) is 5.19. The lowest BCUT2D eigenvalue weighted by Crippen LogP contribution is -2.21. The SMILES string of the molecule is Cc1ccc(-n2c(-c3ccccc3Br)nc3sccc3c2=O)cc1. The van der Waals surface area contributed by atoms with Crippen molar-refractivity contribution in [3.8, 4) is 17.1 Å². The van der Waals surface area contributed by atoms with Crippen molar-refractivity contribution in [2.45, 2.75) is 6.92 Å². The third-order valence-corrected chi connectivity index (χ3v) is 5.40. The van der Waals surface area contributed by atoms with E-state index in [1.165, 1.54) is 11.3 Å². The Hall–Kier alpha value is -2.24. The van der Waals surface area contributed by atoms with Crippen LogP contribution in [-0.4, -0.2) is 9.55 Å². The third-order valence-electron chi connectivity index (χ3n) is 3.90. The maximum absolute atomic E-state index is 13.1. The van der Waals surface area contributed by atoms with Gasteiger partial charge in [-0.1, -0.05) is 51.8 Å². The van der Waals surface area contributed by atoms with Crippen LogP contribution in [0, 0.1) is 6.92 Å². The molecule has 0 fully saturated rings. The minimum atomic E-state index is -0.0455. The highest BCUT2D eigenvalue weighted by Gasteiger charge is 2.16. The number of hydrogen-bond acceptors (Lipinski definition) is 3. The highest BCUT2D eigenvalue weighted by Crippen LogP contribution is 2.29. The number of halogens is 1. The van der Waals surface area contributed by atoms with Crippen LogP contribution in [-0.2, 0) is 0 Å². The van der Waals surface area contributed by atoms with Crippen LogP contribution in [0.5, 0.6) is 0 Å². The van der Waals surface area contributed by atoms with E-state index in [-0.39, 0.29) is 5.56 Å². The topological polar surface area (TPSA) is 34.9 Å².